The van der Waals surface area contributed by atoms with Gasteiger partial charge < -0.3 is 20.5 Å². The minimum Gasteiger partial charge on any atom is -0.473 e. The molecule has 1 aliphatic rings. The molecule has 3 rings (SSSR count). The maximum atomic E-state index is 9.69. The number of guanidine groups is 1. The van der Waals surface area contributed by atoms with Crippen LogP contribution in [0.25, 0.3) is 0 Å². The van der Waals surface area contributed by atoms with E-state index >= 15 is 0 Å². The summed E-state index contributed by atoms with van der Waals surface area (Å²) in [6, 6.07) is 14.3. The number of aliphatic hydroxyl groups excluding tert-OH is 1. The Bertz CT molecular complexity index is 743. The van der Waals surface area contributed by atoms with Gasteiger partial charge in [0, 0.05) is 24.3 Å². The fourth-order valence-corrected chi connectivity index (χ4v) is 3.30. The number of aromatic nitrogens is 1. The van der Waals surface area contributed by atoms with Gasteiger partial charge in [-0.2, -0.15) is 0 Å². The molecular formula is C22H30N4O2. The van der Waals surface area contributed by atoms with Gasteiger partial charge in [0.25, 0.3) is 0 Å². The van der Waals surface area contributed by atoms with Crippen LogP contribution < -0.4 is 15.4 Å². The Kier molecular flexibility index (Phi) is 7.67. The first-order valence-corrected chi connectivity index (χ1v) is 10.1. The number of benzene rings is 1. The zero-order chi connectivity index (χ0) is 19.6. The number of ether oxygens (including phenoxy) is 1. The number of aliphatic hydroxyl groups is 1. The molecule has 1 fully saturated rings. The third-order valence-electron chi connectivity index (χ3n) is 4.86. The summed E-state index contributed by atoms with van der Waals surface area (Å²) in [6.45, 7) is 3.83. The van der Waals surface area contributed by atoms with E-state index in [1.807, 2.05) is 42.5 Å². The second-order valence-electron chi connectivity index (χ2n) is 7.09. The van der Waals surface area contributed by atoms with Crippen LogP contribution in [0.5, 0.6) is 5.88 Å². The lowest BCUT2D eigenvalue weighted by molar-refractivity contribution is 0.120. The molecule has 0 spiro atoms. The molecule has 1 aliphatic carbocycles. The highest BCUT2D eigenvalue weighted by Crippen LogP contribution is 2.19. The van der Waals surface area contributed by atoms with Gasteiger partial charge in [-0.15, -0.1) is 0 Å². The molecule has 0 amide bonds. The standard InChI is InChI=1S/C22H30N4O2/c1-2-23-22(26-19-10-12-20(27)13-11-19)25-15-18-9-6-14-24-21(18)28-16-17-7-4-3-5-8-17/h3-9,14,19-20,27H,2,10-13,15-16H2,1H3,(H2,23,25,26). The maximum absolute atomic E-state index is 9.69. The SMILES string of the molecule is CCNC(=NCc1cccnc1OCc1ccccc1)NC1CCC(O)CC1. The number of hydrogen-bond donors (Lipinski definition) is 3. The maximum Gasteiger partial charge on any atom is 0.218 e. The van der Waals surface area contributed by atoms with Crippen LogP contribution in [0, 0.1) is 0 Å². The van der Waals surface area contributed by atoms with Crippen molar-refractivity contribution in [2.75, 3.05) is 6.54 Å². The van der Waals surface area contributed by atoms with Crippen LogP contribution in [0.4, 0.5) is 0 Å². The number of nitrogens with zero attached hydrogens (tertiary/aromatic N) is 2. The lowest BCUT2D eigenvalue weighted by Crippen LogP contribution is -2.45. The number of hydrogen-bond acceptors (Lipinski definition) is 4. The van der Waals surface area contributed by atoms with Crippen LogP contribution in [0.3, 0.4) is 0 Å². The van der Waals surface area contributed by atoms with Crippen molar-refractivity contribution < 1.29 is 9.84 Å². The fourth-order valence-electron chi connectivity index (χ4n) is 3.30. The highest BCUT2D eigenvalue weighted by molar-refractivity contribution is 5.80. The van der Waals surface area contributed by atoms with Gasteiger partial charge in [0.15, 0.2) is 5.96 Å². The molecule has 0 unspecified atom stereocenters. The average Bonchev–Trinajstić information content (AvgIpc) is 2.73. The molecule has 28 heavy (non-hydrogen) atoms. The third kappa shape index (κ3) is 6.23. The van der Waals surface area contributed by atoms with E-state index in [9.17, 15) is 5.11 Å². The van der Waals surface area contributed by atoms with E-state index in [4.69, 9.17) is 9.73 Å². The molecular weight excluding hydrogens is 352 g/mol. The molecule has 1 saturated carbocycles. The summed E-state index contributed by atoms with van der Waals surface area (Å²) < 4.78 is 5.93. The monoisotopic (exact) mass is 382 g/mol. The third-order valence-corrected chi connectivity index (χ3v) is 4.86. The number of nitrogens with one attached hydrogen (secondary N) is 2. The normalized spacial score (nSPS) is 19.9. The van der Waals surface area contributed by atoms with Crippen LogP contribution in [0.1, 0.15) is 43.7 Å². The van der Waals surface area contributed by atoms with Crippen molar-refractivity contribution in [3.63, 3.8) is 0 Å². The summed E-state index contributed by atoms with van der Waals surface area (Å²) in [4.78, 5) is 9.11. The van der Waals surface area contributed by atoms with Crippen LogP contribution in [0.15, 0.2) is 53.7 Å². The Balaban J connectivity index is 1.62. The Morgan fingerprint density at radius 3 is 2.68 bits per heavy atom. The highest BCUT2D eigenvalue weighted by Gasteiger charge is 2.20. The number of rotatable bonds is 7. The second kappa shape index (κ2) is 10.7. The van der Waals surface area contributed by atoms with Crippen molar-refractivity contribution in [2.45, 2.75) is 57.9 Å². The summed E-state index contributed by atoms with van der Waals surface area (Å²) in [7, 11) is 0. The van der Waals surface area contributed by atoms with Crippen molar-refractivity contribution in [3.8, 4) is 5.88 Å². The van der Waals surface area contributed by atoms with Gasteiger partial charge in [-0.1, -0.05) is 36.4 Å². The van der Waals surface area contributed by atoms with Gasteiger partial charge in [-0.25, -0.2) is 9.98 Å². The molecule has 6 heteroatoms. The summed E-state index contributed by atoms with van der Waals surface area (Å²) in [5.41, 5.74) is 2.06. The van der Waals surface area contributed by atoms with E-state index in [-0.39, 0.29) is 6.10 Å². The predicted octanol–water partition coefficient (Wildman–Crippen LogP) is 3.02. The average molecular weight is 383 g/mol. The molecule has 1 aromatic heterocycles. The number of aliphatic imine (C=N–C) groups is 1. The lowest BCUT2D eigenvalue weighted by Gasteiger charge is -2.27. The Morgan fingerprint density at radius 2 is 1.93 bits per heavy atom. The minimum atomic E-state index is -0.155. The molecule has 1 heterocycles. The first-order chi connectivity index (χ1) is 13.7. The Hall–Kier alpha value is -2.60. The van der Waals surface area contributed by atoms with Crippen molar-refractivity contribution >= 4 is 5.96 Å². The molecule has 6 nitrogen and oxygen atoms in total. The molecule has 0 saturated heterocycles. The van der Waals surface area contributed by atoms with Crippen molar-refractivity contribution in [2.24, 2.45) is 4.99 Å². The second-order valence-corrected chi connectivity index (χ2v) is 7.09. The quantitative estimate of drug-likeness (QED) is 0.507. The van der Waals surface area contributed by atoms with E-state index < -0.39 is 0 Å². The molecule has 2 aromatic rings. The van der Waals surface area contributed by atoms with Crippen LogP contribution >= 0.6 is 0 Å². The van der Waals surface area contributed by atoms with Gasteiger partial charge in [0.2, 0.25) is 5.88 Å². The predicted molar refractivity (Wildman–Crippen MR) is 111 cm³/mol. The van der Waals surface area contributed by atoms with Gasteiger partial charge in [-0.3, -0.25) is 0 Å². The van der Waals surface area contributed by atoms with Crippen molar-refractivity contribution in [3.05, 3.63) is 59.8 Å². The van der Waals surface area contributed by atoms with E-state index in [0.717, 1.165) is 49.3 Å². The Morgan fingerprint density at radius 1 is 1.14 bits per heavy atom. The molecule has 0 atom stereocenters. The summed E-state index contributed by atoms with van der Waals surface area (Å²) in [5, 5.41) is 16.5. The minimum absolute atomic E-state index is 0.155. The smallest absolute Gasteiger partial charge is 0.218 e. The zero-order valence-corrected chi connectivity index (χ0v) is 16.5. The summed E-state index contributed by atoms with van der Waals surface area (Å²) in [6.07, 6.45) is 5.20. The van der Waals surface area contributed by atoms with Gasteiger partial charge in [0.05, 0.1) is 12.6 Å². The van der Waals surface area contributed by atoms with Crippen molar-refractivity contribution in [1.29, 1.82) is 0 Å². The first-order valence-electron chi connectivity index (χ1n) is 10.1. The van der Waals surface area contributed by atoms with Crippen LogP contribution in [-0.4, -0.2) is 34.7 Å². The van der Waals surface area contributed by atoms with Gasteiger partial charge >= 0.3 is 0 Å². The number of pyridine rings is 1. The van der Waals surface area contributed by atoms with Crippen LogP contribution in [-0.2, 0) is 13.2 Å². The first kappa shape index (κ1) is 20.1. The molecule has 3 N–H and O–H groups in total. The van der Waals surface area contributed by atoms with E-state index in [0.29, 0.717) is 25.1 Å². The molecule has 0 bridgehead atoms. The van der Waals surface area contributed by atoms with E-state index in [1.165, 1.54) is 0 Å². The molecule has 0 radical (unpaired) electrons. The molecule has 0 aliphatic heterocycles. The summed E-state index contributed by atoms with van der Waals surface area (Å²) >= 11 is 0. The highest BCUT2D eigenvalue weighted by atomic mass is 16.5. The molecule has 150 valence electrons. The zero-order valence-electron chi connectivity index (χ0n) is 16.5. The largest absolute Gasteiger partial charge is 0.473 e. The lowest BCUT2D eigenvalue weighted by atomic mass is 9.93. The van der Waals surface area contributed by atoms with E-state index in [1.54, 1.807) is 6.20 Å². The fraction of sp³-hybridized carbons (Fsp3) is 0.455. The summed E-state index contributed by atoms with van der Waals surface area (Å²) in [5.74, 6) is 1.41. The van der Waals surface area contributed by atoms with Crippen molar-refractivity contribution in [1.82, 2.24) is 15.6 Å². The topological polar surface area (TPSA) is 78.8 Å². The molecule has 1 aromatic carbocycles. The Labute approximate surface area is 167 Å². The van der Waals surface area contributed by atoms with Gasteiger partial charge in [0.1, 0.15) is 6.61 Å². The van der Waals surface area contributed by atoms with E-state index in [2.05, 4.69) is 22.5 Å². The van der Waals surface area contributed by atoms with Crippen LogP contribution in [0.2, 0.25) is 0 Å². The van der Waals surface area contributed by atoms with Gasteiger partial charge in [-0.05, 0) is 44.2 Å².